The average Bonchev–Trinajstić information content (AvgIpc) is 2.80. The van der Waals surface area contributed by atoms with Gasteiger partial charge in [0.25, 0.3) is 0 Å². The van der Waals surface area contributed by atoms with Crippen molar-refractivity contribution in [1.29, 1.82) is 5.26 Å². The Hall–Kier alpha value is -1.66. The molecule has 2 saturated carbocycles. The van der Waals surface area contributed by atoms with Gasteiger partial charge in [-0.05, 0) is 63.0 Å². The zero-order valence-electron chi connectivity index (χ0n) is 13.8. The van der Waals surface area contributed by atoms with E-state index in [-0.39, 0.29) is 16.6 Å². The molecule has 0 aromatic rings. The maximum absolute atomic E-state index is 11.7. The Kier molecular flexibility index (Phi) is 2.88. The van der Waals surface area contributed by atoms with Crippen molar-refractivity contribution >= 4 is 5.78 Å². The van der Waals surface area contributed by atoms with Crippen LogP contribution in [0.2, 0.25) is 0 Å². The van der Waals surface area contributed by atoms with Crippen LogP contribution in [0.4, 0.5) is 0 Å². The van der Waals surface area contributed by atoms with Gasteiger partial charge < -0.3 is 5.11 Å². The molecule has 4 aliphatic carbocycles. The minimum atomic E-state index is -1.20. The standard InChI is InChI=1S/C20H23NO2/c1-18-8-5-14(22)11-13(18)3-4-15-16(18)6-9-19(2)17(15)7-10-20(19,23)12-21/h5-6,8,11,15,17,23H,3-4,7,9-10H2,1-2H3/t15-,17+,18+,19+,20+/m1/s1. The van der Waals surface area contributed by atoms with Crippen molar-refractivity contribution in [2.24, 2.45) is 22.7 Å². The minimum absolute atomic E-state index is 0.0943. The van der Waals surface area contributed by atoms with Crippen LogP contribution in [0.1, 0.15) is 46.0 Å². The van der Waals surface area contributed by atoms with Crippen molar-refractivity contribution in [2.45, 2.75) is 51.6 Å². The lowest BCUT2D eigenvalue weighted by atomic mass is 9.52. The third kappa shape index (κ3) is 1.71. The van der Waals surface area contributed by atoms with Crippen LogP contribution in [-0.4, -0.2) is 16.5 Å². The van der Waals surface area contributed by atoms with E-state index < -0.39 is 5.60 Å². The zero-order chi connectivity index (χ0) is 16.5. The van der Waals surface area contributed by atoms with Gasteiger partial charge in [-0.2, -0.15) is 5.26 Å². The molecule has 0 radical (unpaired) electrons. The molecular weight excluding hydrogens is 286 g/mol. The van der Waals surface area contributed by atoms with Crippen molar-refractivity contribution < 1.29 is 9.90 Å². The highest BCUT2D eigenvalue weighted by Crippen LogP contribution is 2.64. The minimum Gasteiger partial charge on any atom is -0.375 e. The SMILES string of the molecule is C[C@]12C=CC(=O)C=C1CC[C@@H]1C2=CC[C@@]2(C)[C@H]1CC[C@]2(O)C#N. The predicted molar refractivity (Wildman–Crippen MR) is 87.2 cm³/mol. The van der Waals surface area contributed by atoms with Crippen LogP contribution in [0.25, 0.3) is 0 Å². The summed E-state index contributed by atoms with van der Waals surface area (Å²) in [6.45, 7) is 4.31. The number of hydrogen-bond acceptors (Lipinski definition) is 3. The maximum atomic E-state index is 11.7. The second-order valence-electron chi connectivity index (χ2n) is 8.15. The number of fused-ring (bicyclic) bond motifs is 5. The Balaban J connectivity index is 1.80. The number of nitriles is 1. The van der Waals surface area contributed by atoms with E-state index in [4.69, 9.17) is 0 Å². The first-order valence-electron chi connectivity index (χ1n) is 8.62. The molecule has 0 spiro atoms. The highest BCUT2D eigenvalue weighted by atomic mass is 16.3. The Morgan fingerprint density at radius 2 is 2.13 bits per heavy atom. The van der Waals surface area contributed by atoms with Crippen LogP contribution in [-0.2, 0) is 4.79 Å². The van der Waals surface area contributed by atoms with Crippen LogP contribution in [0, 0.1) is 34.0 Å². The van der Waals surface area contributed by atoms with Gasteiger partial charge in [0.15, 0.2) is 11.4 Å². The summed E-state index contributed by atoms with van der Waals surface area (Å²) in [6, 6.07) is 2.20. The summed E-state index contributed by atoms with van der Waals surface area (Å²) in [4.78, 5) is 11.7. The lowest BCUT2D eigenvalue weighted by Gasteiger charge is -2.52. The molecular formula is C20H23NO2. The first-order chi connectivity index (χ1) is 10.8. The van der Waals surface area contributed by atoms with Crippen LogP contribution in [0.3, 0.4) is 0 Å². The molecule has 0 amide bonds. The van der Waals surface area contributed by atoms with Gasteiger partial charge in [-0.25, -0.2) is 0 Å². The quantitative estimate of drug-likeness (QED) is 0.550. The summed E-state index contributed by atoms with van der Waals surface area (Å²) in [6.07, 6.45) is 12.0. The molecule has 5 atom stereocenters. The van der Waals surface area contributed by atoms with Gasteiger partial charge in [-0.15, -0.1) is 0 Å². The maximum Gasteiger partial charge on any atom is 0.178 e. The van der Waals surface area contributed by atoms with Gasteiger partial charge in [0, 0.05) is 10.8 Å². The summed E-state index contributed by atoms with van der Waals surface area (Å²) in [5, 5.41) is 20.3. The Labute approximate surface area is 137 Å². The van der Waals surface area contributed by atoms with Gasteiger partial charge in [0.2, 0.25) is 0 Å². The number of rotatable bonds is 0. The summed E-state index contributed by atoms with van der Waals surface area (Å²) < 4.78 is 0. The van der Waals surface area contributed by atoms with Gasteiger partial charge in [0.1, 0.15) is 0 Å². The van der Waals surface area contributed by atoms with Gasteiger partial charge in [0.05, 0.1) is 6.07 Å². The third-order valence-corrected chi connectivity index (χ3v) is 7.29. The van der Waals surface area contributed by atoms with Crippen LogP contribution >= 0.6 is 0 Å². The van der Waals surface area contributed by atoms with Gasteiger partial charge >= 0.3 is 0 Å². The first kappa shape index (κ1) is 14.9. The van der Waals surface area contributed by atoms with E-state index in [2.05, 4.69) is 32.1 Å². The molecule has 0 aromatic heterocycles. The molecule has 0 aromatic carbocycles. The van der Waals surface area contributed by atoms with E-state index in [1.165, 1.54) is 11.1 Å². The number of carbonyl (C=O) groups excluding carboxylic acids is 1. The molecule has 3 heteroatoms. The number of allylic oxidation sites excluding steroid dienone is 6. The number of aliphatic hydroxyl groups is 1. The summed E-state index contributed by atoms with van der Waals surface area (Å²) in [7, 11) is 0. The van der Waals surface area contributed by atoms with E-state index in [9.17, 15) is 15.2 Å². The molecule has 2 fully saturated rings. The summed E-state index contributed by atoms with van der Waals surface area (Å²) in [5.74, 6) is 0.865. The Morgan fingerprint density at radius 3 is 2.87 bits per heavy atom. The molecule has 0 heterocycles. The van der Waals surface area contributed by atoms with Crippen molar-refractivity contribution in [2.75, 3.05) is 0 Å². The van der Waals surface area contributed by atoms with Crippen molar-refractivity contribution in [3.05, 3.63) is 35.5 Å². The van der Waals surface area contributed by atoms with E-state index >= 15 is 0 Å². The fraction of sp³-hybridized carbons (Fsp3) is 0.600. The Morgan fingerprint density at radius 1 is 1.35 bits per heavy atom. The molecule has 4 rings (SSSR count). The monoisotopic (exact) mass is 309 g/mol. The highest BCUT2D eigenvalue weighted by Gasteiger charge is 2.62. The molecule has 1 N–H and O–H groups in total. The second kappa shape index (κ2) is 4.45. The lowest BCUT2D eigenvalue weighted by Crippen LogP contribution is -2.49. The summed E-state index contributed by atoms with van der Waals surface area (Å²) in [5.41, 5.74) is 0.940. The normalized spacial score (nSPS) is 47.8. The summed E-state index contributed by atoms with van der Waals surface area (Å²) >= 11 is 0. The number of hydrogen-bond donors (Lipinski definition) is 1. The lowest BCUT2D eigenvalue weighted by molar-refractivity contribution is -0.110. The van der Waals surface area contributed by atoms with Crippen molar-refractivity contribution in [1.82, 2.24) is 0 Å². The molecule has 0 saturated heterocycles. The van der Waals surface area contributed by atoms with Gasteiger partial charge in [-0.1, -0.05) is 30.2 Å². The molecule has 0 unspecified atom stereocenters. The zero-order valence-corrected chi connectivity index (χ0v) is 13.8. The van der Waals surface area contributed by atoms with E-state index in [0.29, 0.717) is 18.3 Å². The molecule has 0 bridgehead atoms. The largest absolute Gasteiger partial charge is 0.375 e. The first-order valence-corrected chi connectivity index (χ1v) is 8.62. The van der Waals surface area contributed by atoms with Crippen LogP contribution < -0.4 is 0 Å². The third-order valence-electron chi connectivity index (χ3n) is 7.29. The average molecular weight is 309 g/mol. The smallest absolute Gasteiger partial charge is 0.178 e. The van der Waals surface area contributed by atoms with Gasteiger partial charge in [-0.3, -0.25) is 4.79 Å². The highest BCUT2D eigenvalue weighted by molar-refractivity contribution is 6.01. The van der Waals surface area contributed by atoms with Crippen LogP contribution in [0.5, 0.6) is 0 Å². The fourth-order valence-corrected chi connectivity index (χ4v) is 5.72. The van der Waals surface area contributed by atoms with Crippen molar-refractivity contribution in [3.8, 4) is 6.07 Å². The number of ketones is 1. The number of nitrogens with zero attached hydrogens (tertiary/aromatic N) is 1. The number of carbonyl (C=O) groups is 1. The molecule has 4 aliphatic rings. The van der Waals surface area contributed by atoms with Crippen molar-refractivity contribution in [3.63, 3.8) is 0 Å². The second-order valence-corrected chi connectivity index (χ2v) is 8.15. The van der Waals surface area contributed by atoms with E-state index in [0.717, 1.165) is 25.7 Å². The molecule has 120 valence electrons. The fourth-order valence-electron chi connectivity index (χ4n) is 5.72. The Bertz CT molecular complexity index is 724. The topological polar surface area (TPSA) is 61.1 Å². The molecule has 3 nitrogen and oxygen atoms in total. The molecule has 0 aliphatic heterocycles. The van der Waals surface area contributed by atoms with E-state index in [1.54, 1.807) is 6.08 Å². The van der Waals surface area contributed by atoms with E-state index in [1.807, 2.05) is 6.08 Å². The van der Waals surface area contributed by atoms with Crippen LogP contribution in [0.15, 0.2) is 35.5 Å². The molecule has 23 heavy (non-hydrogen) atoms. The predicted octanol–water partition coefficient (Wildman–Crippen LogP) is 3.47.